The number of nitrogens with one attached hydrogen (secondary N) is 1. The second kappa shape index (κ2) is 9.78. The number of benzene rings is 1. The van der Waals surface area contributed by atoms with Crippen LogP contribution in [0.5, 0.6) is 0 Å². The lowest BCUT2D eigenvalue weighted by atomic mass is 10.0. The first kappa shape index (κ1) is 18.9. The molecule has 0 aliphatic carbocycles. The van der Waals surface area contributed by atoms with Crippen LogP contribution < -0.4 is 11.1 Å². The summed E-state index contributed by atoms with van der Waals surface area (Å²) in [7, 11) is 0. The topological polar surface area (TPSA) is 55.1 Å². The highest BCUT2D eigenvalue weighted by Gasteiger charge is 2.13. The molecule has 1 aromatic carbocycles. The summed E-state index contributed by atoms with van der Waals surface area (Å²) in [6.07, 6.45) is 2.49. The molecule has 0 fully saturated rings. The first-order valence-electron chi connectivity index (χ1n) is 7.09. The summed E-state index contributed by atoms with van der Waals surface area (Å²) in [5.74, 6) is 0.707. The van der Waals surface area contributed by atoms with Gasteiger partial charge in [0.15, 0.2) is 0 Å². The molecule has 2 unspecified atom stereocenters. The molecule has 0 bridgehead atoms. The maximum Gasteiger partial charge on any atom is 0.222 e. The van der Waals surface area contributed by atoms with Crippen molar-refractivity contribution in [3.8, 4) is 0 Å². The van der Waals surface area contributed by atoms with E-state index in [-0.39, 0.29) is 30.4 Å². The number of hydrogen-bond acceptors (Lipinski definition) is 2. The van der Waals surface area contributed by atoms with E-state index >= 15 is 0 Å². The summed E-state index contributed by atoms with van der Waals surface area (Å²) < 4.78 is 0. The van der Waals surface area contributed by atoms with Gasteiger partial charge in [0.25, 0.3) is 0 Å². The molecule has 20 heavy (non-hydrogen) atoms. The van der Waals surface area contributed by atoms with Crippen molar-refractivity contribution in [1.82, 2.24) is 5.32 Å². The minimum absolute atomic E-state index is 0. The molecule has 1 aromatic rings. The summed E-state index contributed by atoms with van der Waals surface area (Å²) in [5, 5.41) is 3.02. The Morgan fingerprint density at radius 2 is 1.75 bits per heavy atom. The second-order valence-electron chi connectivity index (χ2n) is 5.66. The zero-order valence-corrected chi connectivity index (χ0v) is 13.5. The molecule has 2 atom stereocenters. The fourth-order valence-corrected chi connectivity index (χ4v) is 2.01. The Balaban J connectivity index is 0.00000361. The van der Waals surface area contributed by atoms with Crippen molar-refractivity contribution >= 4 is 18.3 Å². The van der Waals surface area contributed by atoms with Crippen molar-refractivity contribution < 1.29 is 4.79 Å². The monoisotopic (exact) mass is 298 g/mol. The molecule has 114 valence electrons. The van der Waals surface area contributed by atoms with E-state index in [0.29, 0.717) is 12.3 Å². The molecule has 0 aliphatic heterocycles. The van der Waals surface area contributed by atoms with Gasteiger partial charge in [-0.2, -0.15) is 0 Å². The quantitative estimate of drug-likeness (QED) is 0.810. The minimum atomic E-state index is -0.224. The third kappa shape index (κ3) is 7.51. The van der Waals surface area contributed by atoms with E-state index in [2.05, 4.69) is 19.2 Å². The number of carbonyl (C=O) groups excluding carboxylic acids is 1. The van der Waals surface area contributed by atoms with Gasteiger partial charge in [-0.3, -0.25) is 4.79 Å². The first-order chi connectivity index (χ1) is 8.99. The molecule has 4 heteroatoms. The summed E-state index contributed by atoms with van der Waals surface area (Å²) in [6, 6.07) is 9.75. The first-order valence-corrected chi connectivity index (χ1v) is 7.09. The van der Waals surface area contributed by atoms with Gasteiger partial charge in [-0.1, -0.05) is 44.2 Å². The molecule has 1 amide bonds. The van der Waals surface area contributed by atoms with Gasteiger partial charge in [0, 0.05) is 18.5 Å². The molecular weight excluding hydrogens is 272 g/mol. The van der Waals surface area contributed by atoms with Crippen LogP contribution in [0.25, 0.3) is 0 Å². The largest absolute Gasteiger partial charge is 0.354 e. The van der Waals surface area contributed by atoms with E-state index in [1.807, 2.05) is 37.3 Å². The molecule has 0 spiro atoms. The Kier molecular flexibility index (Phi) is 9.26. The SMILES string of the molecule is CC(C)CCC(C)NC(=O)CC(N)c1ccccc1.Cl. The lowest BCUT2D eigenvalue weighted by molar-refractivity contribution is -0.122. The normalized spacial score (nSPS) is 13.4. The van der Waals surface area contributed by atoms with Crippen molar-refractivity contribution in [3.05, 3.63) is 35.9 Å². The third-order valence-corrected chi connectivity index (χ3v) is 3.22. The fourth-order valence-electron chi connectivity index (χ4n) is 2.01. The zero-order valence-electron chi connectivity index (χ0n) is 12.6. The number of carbonyl (C=O) groups is 1. The minimum Gasteiger partial charge on any atom is -0.354 e. The van der Waals surface area contributed by atoms with E-state index in [1.165, 1.54) is 0 Å². The predicted octanol–water partition coefficient (Wildman–Crippen LogP) is 3.44. The highest BCUT2D eigenvalue weighted by Crippen LogP contribution is 2.13. The van der Waals surface area contributed by atoms with E-state index in [9.17, 15) is 4.79 Å². The number of rotatable bonds is 7. The van der Waals surface area contributed by atoms with Crippen molar-refractivity contribution in [1.29, 1.82) is 0 Å². The van der Waals surface area contributed by atoms with Gasteiger partial charge < -0.3 is 11.1 Å². The van der Waals surface area contributed by atoms with Crippen LogP contribution in [0, 0.1) is 5.92 Å². The molecule has 0 aliphatic rings. The number of halogens is 1. The van der Waals surface area contributed by atoms with Crippen molar-refractivity contribution in [2.75, 3.05) is 0 Å². The summed E-state index contributed by atoms with van der Waals surface area (Å²) in [6.45, 7) is 6.44. The van der Waals surface area contributed by atoms with Gasteiger partial charge in [-0.15, -0.1) is 12.4 Å². The molecule has 3 nitrogen and oxygen atoms in total. The van der Waals surface area contributed by atoms with Crippen molar-refractivity contribution in [3.63, 3.8) is 0 Å². The van der Waals surface area contributed by atoms with Crippen LogP contribution in [-0.4, -0.2) is 11.9 Å². The lowest BCUT2D eigenvalue weighted by Gasteiger charge is -2.17. The Morgan fingerprint density at radius 1 is 1.15 bits per heavy atom. The Labute approximate surface area is 128 Å². The Morgan fingerprint density at radius 3 is 2.30 bits per heavy atom. The van der Waals surface area contributed by atoms with E-state index in [1.54, 1.807) is 0 Å². The maximum atomic E-state index is 11.9. The van der Waals surface area contributed by atoms with Crippen LogP contribution in [0.4, 0.5) is 0 Å². The third-order valence-electron chi connectivity index (χ3n) is 3.22. The summed E-state index contributed by atoms with van der Waals surface area (Å²) in [5.41, 5.74) is 7.04. The highest BCUT2D eigenvalue weighted by atomic mass is 35.5. The van der Waals surface area contributed by atoms with E-state index in [4.69, 9.17) is 5.73 Å². The van der Waals surface area contributed by atoms with E-state index in [0.717, 1.165) is 18.4 Å². The molecule has 0 aromatic heterocycles. The van der Waals surface area contributed by atoms with Crippen molar-refractivity contribution in [2.24, 2.45) is 11.7 Å². The van der Waals surface area contributed by atoms with Crippen LogP contribution in [0.1, 0.15) is 51.6 Å². The molecule has 0 saturated heterocycles. The summed E-state index contributed by atoms with van der Waals surface area (Å²) in [4.78, 5) is 11.9. The van der Waals surface area contributed by atoms with Crippen LogP contribution in [0.2, 0.25) is 0 Å². The van der Waals surface area contributed by atoms with Gasteiger partial charge in [0.2, 0.25) is 5.91 Å². The standard InChI is InChI=1S/C16H26N2O.ClH/c1-12(2)9-10-13(3)18-16(19)11-15(17)14-7-5-4-6-8-14;/h4-8,12-13,15H,9-11,17H2,1-3H3,(H,18,19);1H. The average Bonchev–Trinajstić information content (AvgIpc) is 2.37. The zero-order chi connectivity index (χ0) is 14.3. The number of nitrogens with two attached hydrogens (primary N) is 1. The number of amides is 1. The fraction of sp³-hybridized carbons (Fsp3) is 0.562. The summed E-state index contributed by atoms with van der Waals surface area (Å²) >= 11 is 0. The van der Waals surface area contributed by atoms with Gasteiger partial charge in [-0.25, -0.2) is 0 Å². The van der Waals surface area contributed by atoms with Crippen LogP contribution >= 0.6 is 12.4 Å². The Hall–Kier alpha value is -1.06. The van der Waals surface area contributed by atoms with Crippen LogP contribution in [0.15, 0.2) is 30.3 Å². The van der Waals surface area contributed by atoms with E-state index < -0.39 is 0 Å². The molecular formula is C16H27ClN2O. The van der Waals surface area contributed by atoms with Gasteiger partial charge in [0.1, 0.15) is 0 Å². The molecule has 0 heterocycles. The van der Waals surface area contributed by atoms with Gasteiger partial charge in [-0.05, 0) is 31.2 Å². The van der Waals surface area contributed by atoms with Crippen LogP contribution in [0.3, 0.4) is 0 Å². The highest BCUT2D eigenvalue weighted by molar-refractivity contribution is 5.85. The Bertz CT molecular complexity index is 381. The van der Waals surface area contributed by atoms with Gasteiger partial charge >= 0.3 is 0 Å². The second-order valence-corrected chi connectivity index (χ2v) is 5.66. The van der Waals surface area contributed by atoms with Crippen LogP contribution in [-0.2, 0) is 4.79 Å². The lowest BCUT2D eigenvalue weighted by Crippen LogP contribution is -2.34. The van der Waals surface area contributed by atoms with Gasteiger partial charge in [0.05, 0.1) is 0 Å². The molecule has 3 N–H and O–H groups in total. The predicted molar refractivity (Wildman–Crippen MR) is 86.9 cm³/mol. The average molecular weight is 299 g/mol. The molecule has 0 saturated carbocycles. The smallest absolute Gasteiger partial charge is 0.222 e. The van der Waals surface area contributed by atoms with Crippen molar-refractivity contribution in [2.45, 2.75) is 52.1 Å². The maximum absolute atomic E-state index is 11.9. The number of hydrogen-bond donors (Lipinski definition) is 2. The molecule has 1 rings (SSSR count). The molecule has 0 radical (unpaired) electrons.